The van der Waals surface area contributed by atoms with E-state index in [4.69, 9.17) is 0 Å². The number of hydrogen-bond donors (Lipinski definition) is 0. The largest absolute Gasteiger partial charge is 0.143 e. The van der Waals surface area contributed by atoms with Gasteiger partial charge in [0.15, 0.2) is 0 Å². The lowest BCUT2D eigenvalue weighted by Gasteiger charge is -2.01. The van der Waals surface area contributed by atoms with Gasteiger partial charge in [-0.1, -0.05) is 60.7 Å². The fourth-order valence-corrected chi connectivity index (χ4v) is 9.67. The van der Waals surface area contributed by atoms with Gasteiger partial charge in [0, 0.05) is 51.5 Å². The van der Waals surface area contributed by atoms with Crippen molar-refractivity contribution in [2.45, 2.75) is 0 Å². The van der Waals surface area contributed by atoms with Crippen LogP contribution in [-0.2, 0) is 0 Å². The highest BCUT2D eigenvalue weighted by Gasteiger charge is 2.15. The zero-order valence-corrected chi connectivity index (χ0v) is 21.1. The molecule has 0 radical (unpaired) electrons. The van der Waals surface area contributed by atoms with Crippen LogP contribution in [0.2, 0.25) is 0 Å². The summed E-state index contributed by atoms with van der Waals surface area (Å²) in [4.78, 5) is 0. The number of hydrogen-bond acceptors (Lipinski definition) is 4. The number of benzene rings is 4. The maximum atomic E-state index is 2.39. The van der Waals surface area contributed by atoms with E-state index in [0.717, 1.165) is 0 Å². The van der Waals surface area contributed by atoms with Gasteiger partial charge >= 0.3 is 0 Å². The summed E-state index contributed by atoms with van der Waals surface area (Å²) >= 11 is 7.53. The second-order valence-corrected chi connectivity index (χ2v) is 12.5. The van der Waals surface area contributed by atoms with Gasteiger partial charge in [-0.15, -0.1) is 45.3 Å². The molecule has 4 aromatic heterocycles. The fourth-order valence-electron chi connectivity index (χ4n) is 4.99. The van der Waals surface area contributed by atoms with E-state index in [1.165, 1.54) is 72.0 Å². The minimum atomic E-state index is 1.31. The monoisotopic (exact) mass is 504 g/mol. The molecule has 0 saturated heterocycles. The molecule has 4 aromatic carbocycles. The average Bonchev–Trinajstić information content (AvgIpc) is 3.64. The first kappa shape index (κ1) is 19.3. The third kappa shape index (κ3) is 2.74. The van der Waals surface area contributed by atoms with Crippen molar-refractivity contribution in [3.63, 3.8) is 0 Å². The molecule has 8 aromatic rings. The maximum absolute atomic E-state index is 2.39. The summed E-state index contributed by atoms with van der Waals surface area (Å²) in [5.74, 6) is 0. The zero-order chi connectivity index (χ0) is 22.2. The lowest BCUT2D eigenvalue weighted by Crippen LogP contribution is -1.75. The van der Waals surface area contributed by atoms with E-state index in [1.54, 1.807) is 0 Å². The van der Waals surface area contributed by atoms with Gasteiger partial charge in [-0.05, 0) is 46.2 Å². The van der Waals surface area contributed by atoms with Gasteiger partial charge in [-0.3, -0.25) is 0 Å². The van der Waals surface area contributed by atoms with Crippen LogP contribution in [0.5, 0.6) is 0 Å². The van der Waals surface area contributed by atoms with Crippen molar-refractivity contribution >= 4 is 95.1 Å². The Labute approximate surface area is 212 Å². The minimum Gasteiger partial charge on any atom is -0.143 e. The molecule has 0 N–H and O–H groups in total. The second-order valence-electron chi connectivity index (χ2n) is 8.58. The highest BCUT2D eigenvalue weighted by Crippen LogP contribution is 2.47. The van der Waals surface area contributed by atoms with Crippen molar-refractivity contribution in [3.05, 3.63) is 95.7 Å². The van der Waals surface area contributed by atoms with E-state index < -0.39 is 0 Å². The normalized spacial score (nSPS) is 12.1. The van der Waals surface area contributed by atoms with Crippen LogP contribution in [0.15, 0.2) is 95.7 Å². The molecule has 4 heterocycles. The number of fused-ring (bicyclic) bond motifs is 7. The van der Waals surface area contributed by atoms with Crippen molar-refractivity contribution in [1.82, 2.24) is 0 Å². The first-order valence-corrected chi connectivity index (χ1v) is 14.5. The maximum Gasteiger partial charge on any atom is 0.0542 e. The van der Waals surface area contributed by atoms with Crippen molar-refractivity contribution in [3.8, 4) is 22.3 Å². The number of thiophene rings is 4. The Kier molecular flexibility index (Phi) is 4.11. The van der Waals surface area contributed by atoms with Gasteiger partial charge in [-0.2, -0.15) is 0 Å². The van der Waals surface area contributed by atoms with Crippen molar-refractivity contribution < 1.29 is 0 Å². The van der Waals surface area contributed by atoms with Crippen LogP contribution < -0.4 is 0 Å². The standard InChI is InChI=1S/C30H16S4/c1-3-7-25-19(5-1)23(15-31-25)17-9-11-21-27(13-17)33-30-22-12-10-18(14-28(22)34-29(21)30)24-16-32-26-8-4-2-6-20(24)26/h1-16H. The summed E-state index contributed by atoms with van der Waals surface area (Å²) in [7, 11) is 0. The van der Waals surface area contributed by atoms with Gasteiger partial charge in [-0.25, -0.2) is 0 Å². The van der Waals surface area contributed by atoms with Crippen LogP contribution in [0, 0.1) is 0 Å². The van der Waals surface area contributed by atoms with Gasteiger partial charge < -0.3 is 0 Å². The Morgan fingerprint density at radius 3 is 1.38 bits per heavy atom. The number of rotatable bonds is 2. The van der Waals surface area contributed by atoms with Crippen molar-refractivity contribution in [1.29, 1.82) is 0 Å². The second kappa shape index (κ2) is 7.24. The predicted octanol–water partition coefficient (Wildman–Crippen LogP) is 11.0. The molecular formula is C30H16S4. The summed E-state index contributed by atoms with van der Waals surface area (Å²) in [6.07, 6.45) is 0. The molecule has 0 amide bonds. The Morgan fingerprint density at radius 2 is 0.882 bits per heavy atom. The van der Waals surface area contributed by atoms with E-state index in [9.17, 15) is 0 Å². The molecule has 34 heavy (non-hydrogen) atoms. The van der Waals surface area contributed by atoms with E-state index in [2.05, 4.69) is 95.7 Å². The molecule has 0 saturated carbocycles. The van der Waals surface area contributed by atoms with Crippen LogP contribution in [0.1, 0.15) is 0 Å². The Hall–Kier alpha value is -3.02. The Morgan fingerprint density at radius 1 is 0.412 bits per heavy atom. The molecule has 0 nitrogen and oxygen atoms in total. The molecule has 0 aliphatic heterocycles. The summed E-state index contributed by atoms with van der Waals surface area (Å²) < 4.78 is 8.30. The average molecular weight is 505 g/mol. The first-order chi connectivity index (χ1) is 16.8. The van der Waals surface area contributed by atoms with Crippen LogP contribution in [0.25, 0.3) is 72.0 Å². The van der Waals surface area contributed by atoms with Gasteiger partial charge in [0.2, 0.25) is 0 Å². The lowest BCUT2D eigenvalue weighted by molar-refractivity contribution is 1.78. The molecular weight excluding hydrogens is 489 g/mol. The molecule has 4 heteroatoms. The van der Waals surface area contributed by atoms with Gasteiger partial charge in [0.05, 0.1) is 9.40 Å². The topological polar surface area (TPSA) is 0 Å². The molecule has 0 atom stereocenters. The Balaban J connectivity index is 1.29. The molecule has 0 unspecified atom stereocenters. The van der Waals surface area contributed by atoms with Gasteiger partial charge in [0.1, 0.15) is 0 Å². The third-order valence-corrected chi connectivity index (χ3v) is 11.1. The zero-order valence-electron chi connectivity index (χ0n) is 17.9. The first-order valence-electron chi connectivity index (χ1n) is 11.2. The van der Waals surface area contributed by atoms with E-state index in [-0.39, 0.29) is 0 Å². The summed E-state index contributed by atoms with van der Waals surface area (Å²) in [5, 5.41) is 10.1. The van der Waals surface area contributed by atoms with Crippen LogP contribution in [0.4, 0.5) is 0 Å². The van der Waals surface area contributed by atoms with E-state index in [0.29, 0.717) is 0 Å². The quantitative estimate of drug-likeness (QED) is 0.220. The van der Waals surface area contributed by atoms with Crippen LogP contribution in [0.3, 0.4) is 0 Å². The van der Waals surface area contributed by atoms with Crippen LogP contribution in [-0.4, -0.2) is 0 Å². The third-order valence-electron chi connectivity index (χ3n) is 6.67. The fraction of sp³-hybridized carbons (Fsp3) is 0. The molecule has 0 fully saturated rings. The SMILES string of the molecule is c1ccc2c(-c3ccc4c(c3)sc3c5ccc(-c6csc7ccccc67)cc5sc43)csc2c1. The van der Waals surface area contributed by atoms with E-state index in [1.807, 2.05) is 45.3 Å². The lowest BCUT2D eigenvalue weighted by atomic mass is 10.0. The smallest absolute Gasteiger partial charge is 0.0542 e. The molecule has 0 spiro atoms. The van der Waals surface area contributed by atoms with Crippen molar-refractivity contribution in [2.75, 3.05) is 0 Å². The van der Waals surface area contributed by atoms with Crippen molar-refractivity contribution in [2.24, 2.45) is 0 Å². The summed E-state index contributed by atoms with van der Waals surface area (Å²) in [6, 6.07) is 31.5. The molecule has 160 valence electrons. The van der Waals surface area contributed by atoms with Crippen LogP contribution >= 0.6 is 45.3 Å². The molecule has 0 bridgehead atoms. The highest BCUT2D eigenvalue weighted by atomic mass is 32.1. The summed E-state index contributed by atoms with van der Waals surface area (Å²) in [6.45, 7) is 0. The van der Waals surface area contributed by atoms with Gasteiger partial charge in [0.25, 0.3) is 0 Å². The summed E-state index contributed by atoms with van der Waals surface area (Å²) in [5.41, 5.74) is 5.32. The highest BCUT2D eigenvalue weighted by molar-refractivity contribution is 7.36. The Bertz CT molecular complexity index is 1880. The molecule has 8 rings (SSSR count). The molecule has 0 aliphatic carbocycles. The molecule has 0 aliphatic rings. The van der Waals surface area contributed by atoms with E-state index >= 15 is 0 Å². The predicted molar refractivity (Wildman–Crippen MR) is 156 cm³/mol. The minimum absolute atomic E-state index is 1.31.